The number of rotatable bonds is 3. The van der Waals surface area contributed by atoms with Crippen molar-refractivity contribution in [3.05, 3.63) is 106 Å². The average Bonchev–Trinajstić information content (AvgIpc) is 3.15. The van der Waals surface area contributed by atoms with Crippen LogP contribution in [0.3, 0.4) is 0 Å². The number of hydrogen-bond donors (Lipinski definition) is 0. The van der Waals surface area contributed by atoms with Gasteiger partial charge in [-0.1, -0.05) is 60.2 Å². The molecule has 29 heavy (non-hydrogen) atoms. The number of hydrogen-bond acceptors (Lipinski definition) is 2. The van der Waals surface area contributed by atoms with E-state index in [1.165, 1.54) is 26.8 Å². The number of thiophene rings is 1. The molecular weight excluding hydrogens is 374 g/mol. The molecule has 5 aromatic rings. The van der Waals surface area contributed by atoms with E-state index in [9.17, 15) is 4.79 Å². The first-order valence-electron chi connectivity index (χ1n) is 9.78. The van der Waals surface area contributed by atoms with Gasteiger partial charge in [-0.3, -0.25) is 4.79 Å². The fourth-order valence-corrected chi connectivity index (χ4v) is 5.05. The van der Waals surface area contributed by atoms with Gasteiger partial charge in [0.2, 0.25) is 0 Å². The molecule has 0 aliphatic rings. The Morgan fingerprint density at radius 2 is 1.59 bits per heavy atom. The van der Waals surface area contributed by atoms with E-state index in [1.807, 2.05) is 28.8 Å². The van der Waals surface area contributed by atoms with Crippen molar-refractivity contribution in [2.75, 3.05) is 0 Å². The van der Waals surface area contributed by atoms with Gasteiger partial charge in [-0.25, -0.2) is 0 Å². The predicted octanol–water partition coefficient (Wildman–Crippen LogP) is 6.55. The summed E-state index contributed by atoms with van der Waals surface area (Å²) in [5.74, 6) is 0. The number of benzene rings is 3. The summed E-state index contributed by atoms with van der Waals surface area (Å²) >= 11 is 1.74. The van der Waals surface area contributed by atoms with E-state index >= 15 is 0 Å². The smallest absolute Gasteiger partial charge is 0.259 e. The Balaban J connectivity index is 1.77. The molecule has 0 saturated heterocycles. The SMILES string of the molecule is Cc1ccc(Cn2c(-c3cc4ccccc4s3)cc3ccccc3c2=O)c(C)c1. The Kier molecular flexibility index (Phi) is 4.33. The van der Waals surface area contributed by atoms with Gasteiger partial charge in [0.25, 0.3) is 5.56 Å². The van der Waals surface area contributed by atoms with Crippen LogP contribution >= 0.6 is 11.3 Å². The topological polar surface area (TPSA) is 22.0 Å². The molecule has 3 heteroatoms. The molecule has 0 aliphatic carbocycles. The number of nitrogens with zero attached hydrogens (tertiary/aromatic N) is 1. The summed E-state index contributed by atoms with van der Waals surface area (Å²) in [6.07, 6.45) is 0. The third-order valence-corrected chi connectivity index (χ3v) is 6.66. The molecule has 2 aromatic heterocycles. The van der Waals surface area contributed by atoms with Crippen molar-refractivity contribution in [3.8, 4) is 10.6 Å². The predicted molar refractivity (Wildman–Crippen MR) is 124 cm³/mol. The van der Waals surface area contributed by atoms with Gasteiger partial charge in [-0.15, -0.1) is 11.3 Å². The van der Waals surface area contributed by atoms with Gasteiger partial charge < -0.3 is 4.57 Å². The molecule has 0 amide bonds. The van der Waals surface area contributed by atoms with Crippen LogP contribution in [-0.2, 0) is 6.54 Å². The summed E-state index contributed by atoms with van der Waals surface area (Å²) in [5.41, 5.74) is 4.68. The number of aryl methyl sites for hydroxylation is 2. The van der Waals surface area contributed by atoms with Crippen molar-refractivity contribution in [2.45, 2.75) is 20.4 Å². The van der Waals surface area contributed by atoms with Gasteiger partial charge in [0.1, 0.15) is 0 Å². The van der Waals surface area contributed by atoms with Crippen LogP contribution in [0.2, 0.25) is 0 Å². The van der Waals surface area contributed by atoms with Crippen LogP contribution in [0.5, 0.6) is 0 Å². The summed E-state index contributed by atoms with van der Waals surface area (Å²) in [4.78, 5) is 14.6. The standard InChI is InChI=1S/C26H21NOS/c1-17-11-12-21(18(2)13-17)16-27-23(14-19-7-3-5-9-22(19)26(27)28)25-15-20-8-4-6-10-24(20)29-25/h3-15H,16H2,1-2H3. The molecule has 2 heterocycles. The van der Waals surface area contributed by atoms with Gasteiger partial charge in [0, 0.05) is 10.1 Å². The fourth-order valence-electron chi connectivity index (χ4n) is 3.96. The number of pyridine rings is 1. The van der Waals surface area contributed by atoms with E-state index in [2.05, 4.69) is 68.4 Å². The Morgan fingerprint density at radius 1 is 0.828 bits per heavy atom. The second-order valence-electron chi connectivity index (χ2n) is 7.59. The normalized spacial score (nSPS) is 11.4. The highest BCUT2D eigenvalue weighted by Gasteiger charge is 2.14. The number of fused-ring (bicyclic) bond motifs is 2. The highest BCUT2D eigenvalue weighted by molar-refractivity contribution is 7.22. The molecular formula is C26H21NOS. The largest absolute Gasteiger partial charge is 0.302 e. The molecule has 0 bridgehead atoms. The van der Waals surface area contributed by atoms with Crippen molar-refractivity contribution in [3.63, 3.8) is 0 Å². The molecule has 0 aliphatic heterocycles. The molecule has 5 rings (SSSR count). The first-order chi connectivity index (χ1) is 14.1. The zero-order valence-electron chi connectivity index (χ0n) is 16.5. The maximum Gasteiger partial charge on any atom is 0.259 e. The van der Waals surface area contributed by atoms with Crippen molar-refractivity contribution in [1.82, 2.24) is 4.57 Å². The fraction of sp³-hybridized carbons (Fsp3) is 0.115. The minimum absolute atomic E-state index is 0.0653. The highest BCUT2D eigenvalue weighted by atomic mass is 32.1. The third kappa shape index (κ3) is 3.18. The molecule has 0 atom stereocenters. The van der Waals surface area contributed by atoms with E-state index in [4.69, 9.17) is 0 Å². The first-order valence-corrected chi connectivity index (χ1v) is 10.6. The maximum absolute atomic E-state index is 13.5. The van der Waals surface area contributed by atoms with Gasteiger partial charge >= 0.3 is 0 Å². The van der Waals surface area contributed by atoms with E-state index in [-0.39, 0.29) is 5.56 Å². The third-order valence-electron chi connectivity index (χ3n) is 5.52. The monoisotopic (exact) mass is 395 g/mol. The maximum atomic E-state index is 13.5. The second kappa shape index (κ2) is 7.02. The quantitative estimate of drug-likeness (QED) is 0.339. The van der Waals surface area contributed by atoms with E-state index in [1.54, 1.807) is 11.3 Å². The van der Waals surface area contributed by atoms with Crippen LogP contribution in [0.15, 0.2) is 83.7 Å². The van der Waals surface area contributed by atoms with Crippen LogP contribution < -0.4 is 5.56 Å². The lowest BCUT2D eigenvalue weighted by molar-refractivity contribution is 0.773. The average molecular weight is 396 g/mol. The van der Waals surface area contributed by atoms with E-state index < -0.39 is 0 Å². The lowest BCUT2D eigenvalue weighted by Gasteiger charge is -2.15. The van der Waals surface area contributed by atoms with Crippen LogP contribution in [-0.4, -0.2) is 4.57 Å². The van der Waals surface area contributed by atoms with Gasteiger partial charge in [0.15, 0.2) is 0 Å². The molecule has 0 spiro atoms. The summed E-state index contributed by atoms with van der Waals surface area (Å²) < 4.78 is 3.17. The van der Waals surface area contributed by atoms with Crippen molar-refractivity contribution in [1.29, 1.82) is 0 Å². The molecule has 0 saturated carbocycles. The lowest BCUT2D eigenvalue weighted by Crippen LogP contribution is -2.22. The molecule has 3 aromatic carbocycles. The molecule has 0 N–H and O–H groups in total. The summed E-state index contributed by atoms with van der Waals surface area (Å²) in [7, 11) is 0. The Bertz CT molecular complexity index is 1390. The molecule has 0 fully saturated rings. The Hall–Kier alpha value is -3.17. The van der Waals surface area contributed by atoms with Crippen LogP contribution in [0, 0.1) is 13.8 Å². The van der Waals surface area contributed by atoms with Crippen molar-refractivity contribution < 1.29 is 0 Å². The molecule has 0 unspecified atom stereocenters. The summed E-state index contributed by atoms with van der Waals surface area (Å²) in [5, 5.41) is 2.97. The van der Waals surface area contributed by atoms with Gasteiger partial charge in [0.05, 0.1) is 17.1 Å². The first kappa shape index (κ1) is 17.9. The van der Waals surface area contributed by atoms with Crippen LogP contribution in [0.4, 0.5) is 0 Å². The highest BCUT2D eigenvalue weighted by Crippen LogP contribution is 2.34. The Labute approximate surface area is 173 Å². The molecule has 142 valence electrons. The van der Waals surface area contributed by atoms with E-state index in [0.29, 0.717) is 6.54 Å². The minimum atomic E-state index is 0.0653. The van der Waals surface area contributed by atoms with Gasteiger partial charge in [-0.05, 0) is 60.0 Å². The summed E-state index contributed by atoms with van der Waals surface area (Å²) in [6.45, 7) is 4.79. The van der Waals surface area contributed by atoms with Crippen LogP contribution in [0.25, 0.3) is 31.4 Å². The molecule has 2 nitrogen and oxygen atoms in total. The van der Waals surface area contributed by atoms with Crippen molar-refractivity contribution in [2.24, 2.45) is 0 Å². The Morgan fingerprint density at radius 3 is 2.38 bits per heavy atom. The minimum Gasteiger partial charge on any atom is -0.302 e. The second-order valence-corrected chi connectivity index (χ2v) is 8.67. The molecule has 0 radical (unpaired) electrons. The van der Waals surface area contributed by atoms with Gasteiger partial charge in [-0.2, -0.15) is 0 Å². The zero-order chi connectivity index (χ0) is 20.0. The number of aromatic nitrogens is 1. The van der Waals surface area contributed by atoms with Crippen LogP contribution in [0.1, 0.15) is 16.7 Å². The zero-order valence-corrected chi connectivity index (χ0v) is 17.3. The van der Waals surface area contributed by atoms with E-state index in [0.717, 1.165) is 21.3 Å². The lowest BCUT2D eigenvalue weighted by atomic mass is 10.0. The summed E-state index contributed by atoms with van der Waals surface area (Å²) in [6, 6.07) is 27.0. The van der Waals surface area contributed by atoms with Crippen molar-refractivity contribution >= 4 is 32.2 Å².